The molecule has 0 spiro atoms. The fourth-order valence-corrected chi connectivity index (χ4v) is 4.35. The molecule has 1 aliphatic heterocycles. The minimum absolute atomic E-state index is 0.0721. The summed E-state index contributed by atoms with van der Waals surface area (Å²) in [5, 5.41) is 11.8. The zero-order chi connectivity index (χ0) is 24.8. The third-order valence-electron chi connectivity index (χ3n) is 6.27. The molecule has 0 unspecified atom stereocenters. The second kappa shape index (κ2) is 11.2. The van der Waals surface area contributed by atoms with Crippen LogP contribution in [0.3, 0.4) is 0 Å². The summed E-state index contributed by atoms with van der Waals surface area (Å²) in [7, 11) is 4.86. The molecule has 9 heteroatoms. The van der Waals surface area contributed by atoms with Crippen LogP contribution in [0.5, 0.6) is 17.2 Å². The van der Waals surface area contributed by atoms with Crippen molar-refractivity contribution in [2.45, 2.75) is 32.9 Å². The lowest BCUT2D eigenvalue weighted by molar-refractivity contribution is 0.0954. The summed E-state index contributed by atoms with van der Waals surface area (Å²) < 4.78 is 18.6. The number of methoxy groups -OCH3 is 3. The molecule has 0 saturated heterocycles. The number of ether oxygens (including phenoxy) is 3. The summed E-state index contributed by atoms with van der Waals surface area (Å²) in [6, 6.07) is 11.6. The van der Waals surface area contributed by atoms with E-state index in [2.05, 4.69) is 25.0 Å². The average Bonchev–Trinajstić information content (AvgIpc) is 3.15. The van der Waals surface area contributed by atoms with Crippen LogP contribution in [-0.4, -0.2) is 66.5 Å². The highest BCUT2D eigenvalue weighted by Crippen LogP contribution is 2.38. The molecule has 0 atom stereocenters. The number of benzene rings is 2. The van der Waals surface area contributed by atoms with Gasteiger partial charge in [0, 0.05) is 51.1 Å². The number of fused-ring (bicyclic) bond motifs is 1. The number of hydrogen-bond acceptors (Lipinski definition) is 7. The van der Waals surface area contributed by atoms with Gasteiger partial charge >= 0.3 is 0 Å². The Morgan fingerprint density at radius 2 is 1.69 bits per heavy atom. The van der Waals surface area contributed by atoms with Crippen molar-refractivity contribution in [1.29, 1.82) is 0 Å². The van der Waals surface area contributed by atoms with Crippen LogP contribution >= 0.6 is 0 Å². The minimum Gasteiger partial charge on any atom is -0.493 e. The highest BCUT2D eigenvalue weighted by Gasteiger charge is 2.20. The first-order chi connectivity index (χ1) is 17.0. The summed E-state index contributed by atoms with van der Waals surface area (Å²) in [6.45, 7) is 5.82. The first-order valence-electron chi connectivity index (χ1n) is 11.8. The molecule has 3 aromatic rings. The predicted molar refractivity (Wildman–Crippen MR) is 132 cm³/mol. The van der Waals surface area contributed by atoms with Crippen molar-refractivity contribution in [3.63, 3.8) is 0 Å². The molecular formula is C26H33N5O4. The topological polar surface area (TPSA) is 90.7 Å². The van der Waals surface area contributed by atoms with Gasteiger partial charge in [-0.05, 0) is 36.8 Å². The smallest absolute Gasteiger partial charge is 0.251 e. The average molecular weight is 480 g/mol. The number of nitrogens with one attached hydrogen (secondary N) is 1. The number of aryl methyl sites for hydroxylation is 1. The van der Waals surface area contributed by atoms with Crippen molar-refractivity contribution in [2.75, 3.05) is 41.0 Å². The van der Waals surface area contributed by atoms with Gasteiger partial charge in [-0.2, -0.15) is 0 Å². The Morgan fingerprint density at radius 1 is 0.971 bits per heavy atom. The lowest BCUT2D eigenvalue weighted by Crippen LogP contribution is -2.28. The van der Waals surface area contributed by atoms with Gasteiger partial charge in [0.2, 0.25) is 5.75 Å². The monoisotopic (exact) mass is 479 g/mol. The molecule has 1 aliphatic rings. The summed E-state index contributed by atoms with van der Waals surface area (Å²) in [5.74, 6) is 3.72. The number of hydrogen-bond donors (Lipinski definition) is 1. The zero-order valence-electron chi connectivity index (χ0n) is 20.8. The van der Waals surface area contributed by atoms with Gasteiger partial charge in [-0.15, -0.1) is 10.2 Å². The van der Waals surface area contributed by atoms with E-state index in [9.17, 15) is 4.79 Å². The number of aromatic nitrogens is 3. The number of nitrogens with zero attached hydrogens (tertiary/aromatic N) is 4. The number of rotatable bonds is 9. The Hall–Kier alpha value is -3.59. The minimum atomic E-state index is -0.0721. The molecule has 2 aromatic carbocycles. The molecular weight excluding hydrogens is 446 g/mol. The van der Waals surface area contributed by atoms with E-state index in [1.165, 1.54) is 0 Å². The SMILES string of the molecule is COc1cc(CN2CCc3nnc(CCNC(=O)c4ccc(C)cc4)n3CC2)cc(OC)c1OC. The third kappa shape index (κ3) is 5.74. The first kappa shape index (κ1) is 24.5. The standard InChI is InChI=1S/C26H33N5O4/c1-18-5-7-20(8-6-18)26(32)27-11-9-23-28-29-24-10-12-30(13-14-31(23)24)17-19-15-21(33-2)25(35-4)22(16-19)34-3/h5-8,15-16H,9-14,17H2,1-4H3,(H,27,32). The molecule has 0 bridgehead atoms. The maximum atomic E-state index is 12.4. The van der Waals surface area contributed by atoms with Crippen molar-refractivity contribution >= 4 is 5.91 Å². The molecule has 2 heterocycles. The van der Waals surface area contributed by atoms with Crippen LogP contribution in [0.15, 0.2) is 36.4 Å². The van der Waals surface area contributed by atoms with Gasteiger partial charge in [-0.3, -0.25) is 9.69 Å². The molecule has 0 saturated carbocycles. The van der Waals surface area contributed by atoms with Crippen molar-refractivity contribution < 1.29 is 19.0 Å². The van der Waals surface area contributed by atoms with Gasteiger partial charge in [-0.1, -0.05) is 17.7 Å². The lowest BCUT2D eigenvalue weighted by atomic mass is 10.1. The summed E-state index contributed by atoms with van der Waals surface area (Å²) >= 11 is 0. The Balaban J connectivity index is 1.35. The number of carbonyl (C=O) groups excluding carboxylic acids is 1. The van der Waals surface area contributed by atoms with Gasteiger partial charge in [0.1, 0.15) is 11.6 Å². The Morgan fingerprint density at radius 3 is 2.34 bits per heavy atom. The molecule has 1 aromatic heterocycles. The van der Waals surface area contributed by atoms with Gasteiger partial charge in [0.05, 0.1) is 21.3 Å². The van der Waals surface area contributed by atoms with Crippen LogP contribution in [0.4, 0.5) is 0 Å². The van der Waals surface area contributed by atoms with Gasteiger partial charge in [0.25, 0.3) is 5.91 Å². The molecule has 1 amide bonds. The highest BCUT2D eigenvalue weighted by atomic mass is 16.5. The summed E-state index contributed by atoms with van der Waals surface area (Å²) in [5.41, 5.74) is 2.89. The van der Waals surface area contributed by atoms with Crippen LogP contribution < -0.4 is 19.5 Å². The maximum Gasteiger partial charge on any atom is 0.251 e. The Kier molecular flexibility index (Phi) is 7.87. The van der Waals surface area contributed by atoms with E-state index in [1.807, 2.05) is 43.3 Å². The quantitative estimate of drug-likeness (QED) is 0.505. The zero-order valence-corrected chi connectivity index (χ0v) is 20.8. The van der Waals surface area contributed by atoms with Gasteiger partial charge in [0.15, 0.2) is 11.5 Å². The van der Waals surface area contributed by atoms with Crippen LogP contribution in [0.2, 0.25) is 0 Å². The summed E-state index contributed by atoms with van der Waals surface area (Å²) in [4.78, 5) is 14.8. The van der Waals surface area contributed by atoms with E-state index in [4.69, 9.17) is 14.2 Å². The van der Waals surface area contributed by atoms with Gasteiger partial charge in [-0.25, -0.2) is 0 Å². The van der Waals surface area contributed by atoms with Crippen LogP contribution in [-0.2, 0) is 25.9 Å². The maximum absolute atomic E-state index is 12.4. The van der Waals surface area contributed by atoms with Crippen LogP contribution in [0.25, 0.3) is 0 Å². The second-order valence-electron chi connectivity index (χ2n) is 8.62. The summed E-state index contributed by atoms with van der Waals surface area (Å²) in [6.07, 6.45) is 1.45. The predicted octanol–water partition coefficient (Wildman–Crippen LogP) is 2.64. The molecule has 9 nitrogen and oxygen atoms in total. The van der Waals surface area contributed by atoms with Gasteiger partial charge < -0.3 is 24.1 Å². The van der Waals surface area contributed by atoms with Crippen molar-refractivity contribution in [3.8, 4) is 17.2 Å². The largest absolute Gasteiger partial charge is 0.493 e. The lowest BCUT2D eigenvalue weighted by Gasteiger charge is -2.21. The molecule has 186 valence electrons. The normalized spacial score (nSPS) is 13.6. The molecule has 0 fully saturated rings. The Labute approximate surface area is 206 Å². The molecule has 0 radical (unpaired) electrons. The third-order valence-corrected chi connectivity index (χ3v) is 6.27. The Bertz CT molecular complexity index is 1130. The van der Waals surface area contributed by atoms with Crippen molar-refractivity contribution in [3.05, 3.63) is 64.7 Å². The van der Waals surface area contributed by atoms with E-state index in [1.54, 1.807) is 21.3 Å². The van der Waals surface area contributed by atoms with Crippen molar-refractivity contribution in [2.24, 2.45) is 0 Å². The van der Waals surface area contributed by atoms with E-state index in [0.717, 1.165) is 55.4 Å². The van der Waals surface area contributed by atoms with E-state index in [0.29, 0.717) is 35.8 Å². The molecule has 4 rings (SSSR count). The second-order valence-corrected chi connectivity index (χ2v) is 8.62. The van der Waals surface area contributed by atoms with E-state index in [-0.39, 0.29) is 5.91 Å². The van der Waals surface area contributed by atoms with E-state index >= 15 is 0 Å². The number of carbonyl (C=O) groups is 1. The molecule has 35 heavy (non-hydrogen) atoms. The highest BCUT2D eigenvalue weighted by molar-refractivity contribution is 5.94. The van der Waals surface area contributed by atoms with Crippen molar-refractivity contribution in [1.82, 2.24) is 25.0 Å². The molecule has 0 aliphatic carbocycles. The number of amides is 1. The van der Waals surface area contributed by atoms with Crippen LogP contribution in [0, 0.1) is 6.92 Å². The van der Waals surface area contributed by atoms with E-state index < -0.39 is 0 Å². The molecule has 1 N–H and O–H groups in total. The fourth-order valence-electron chi connectivity index (χ4n) is 4.35. The first-order valence-corrected chi connectivity index (χ1v) is 11.8. The van der Waals surface area contributed by atoms with Crippen LogP contribution in [0.1, 0.15) is 33.1 Å². The fraction of sp³-hybridized carbons (Fsp3) is 0.423.